The Balaban J connectivity index is 3.12. The van der Waals surface area contributed by atoms with Gasteiger partial charge in [0.05, 0.1) is 6.61 Å². The number of hydrogen-bond acceptors (Lipinski definition) is 1. The van der Waals surface area contributed by atoms with Crippen molar-refractivity contribution in [3.63, 3.8) is 0 Å². The van der Waals surface area contributed by atoms with Crippen LogP contribution in [0.15, 0.2) is 24.8 Å². The lowest BCUT2D eigenvalue weighted by atomic mass is 10.1. The van der Waals surface area contributed by atoms with Gasteiger partial charge in [-0.3, -0.25) is 0 Å². The van der Waals surface area contributed by atoms with Crippen LogP contribution in [0.25, 0.3) is 0 Å². The maximum absolute atomic E-state index is 5.55. The van der Waals surface area contributed by atoms with Crippen LogP contribution in [0.5, 0.6) is 5.75 Å². The van der Waals surface area contributed by atoms with Crippen LogP contribution in [0, 0.1) is 6.08 Å². The van der Waals surface area contributed by atoms with Gasteiger partial charge < -0.3 is 4.74 Å². The molecule has 0 bridgehead atoms. The van der Waals surface area contributed by atoms with Crippen LogP contribution in [0.2, 0.25) is 0 Å². The first-order valence-electron chi connectivity index (χ1n) is 4.61. The van der Waals surface area contributed by atoms with Gasteiger partial charge in [0.25, 0.3) is 0 Å². The zero-order valence-electron chi connectivity index (χ0n) is 8.26. The molecular formula is C12H15O. The van der Waals surface area contributed by atoms with Gasteiger partial charge in [-0.25, -0.2) is 0 Å². The largest absolute Gasteiger partial charge is 0.493 e. The van der Waals surface area contributed by atoms with Crippen molar-refractivity contribution in [2.75, 3.05) is 6.61 Å². The summed E-state index contributed by atoms with van der Waals surface area (Å²) in [4.78, 5) is 0. The third-order valence-electron chi connectivity index (χ3n) is 1.96. The minimum Gasteiger partial charge on any atom is -0.493 e. The van der Waals surface area contributed by atoms with E-state index in [2.05, 4.69) is 25.6 Å². The lowest BCUT2D eigenvalue weighted by Crippen LogP contribution is -1.98. The monoisotopic (exact) mass is 175 g/mol. The molecule has 0 aliphatic carbocycles. The number of rotatable bonds is 4. The lowest BCUT2D eigenvalue weighted by Gasteiger charge is -2.11. The minimum absolute atomic E-state index is 0.686. The van der Waals surface area contributed by atoms with Gasteiger partial charge in [-0.1, -0.05) is 31.7 Å². The molecule has 69 valence electrons. The molecule has 0 saturated heterocycles. The first-order chi connectivity index (χ1) is 6.33. The molecule has 0 saturated carbocycles. The molecule has 1 aromatic rings. The molecule has 0 fully saturated rings. The van der Waals surface area contributed by atoms with Crippen LogP contribution < -0.4 is 4.74 Å². The Hall–Kier alpha value is -1.24. The average Bonchev–Trinajstić information content (AvgIpc) is 2.18. The molecule has 1 heteroatoms. The Morgan fingerprint density at radius 3 is 2.69 bits per heavy atom. The van der Waals surface area contributed by atoms with E-state index in [4.69, 9.17) is 4.74 Å². The van der Waals surface area contributed by atoms with Crippen molar-refractivity contribution in [3.05, 3.63) is 42.0 Å². The van der Waals surface area contributed by atoms with Crippen molar-refractivity contribution >= 4 is 0 Å². The summed E-state index contributed by atoms with van der Waals surface area (Å²) in [6.07, 6.45) is 3.86. The van der Waals surface area contributed by atoms with E-state index in [-0.39, 0.29) is 0 Å². The van der Waals surface area contributed by atoms with E-state index in [1.165, 1.54) is 5.56 Å². The molecule has 0 amide bonds. The Labute approximate surface area is 80.0 Å². The van der Waals surface area contributed by atoms with E-state index in [1.54, 1.807) is 0 Å². The molecule has 0 atom stereocenters. The second kappa shape index (κ2) is 4.70. The predicted octanol–water partition coefficient (Wildman–Crippen LogP) is 2.98. The smallest absolute Gasteiger partial charge is 0.130 e. The third kappa shape index (κ3) is 2.11. The zero-order valence-corrected chi connectivity index (χ0v) is 8.26. The number of ether oxygens (including phenoxy) is 1. The van der Waals surface area contributed by atoms with Gasteiger partial charge in [0.1, 0.15) is 5.75 Å². The minimum atomic E-state index is 0.686. The van der Waals surface area contributed by atoms with Crippen molar-refractivity contribution in [1.29, 1.82) is 0 Å². The molecule has 0 aromatic heterocycles. The summed E-state index contributed by atoms with van der Waals surface area (Å²) in [6.45, 7) is 8.43. The maximum atomic E-state index is 5.55. The van der Waals surface area contributed by atoms with Crippen LogP contribution in [0.3, 0.4) is 0 Å². The Morgan fingerprint density at radius 1 is 1.38 bits per heavy atom. The second-order valence-electron chi connectivity index (χ2n) is 2.76. The summed E-state index contributed by atoms with van der Waals surface area (Å²) in [6, 6.07) is 6.05. The topological polar surface area (TPSA) is 9.23 Å². The van der Waals surface area contributed by atoms with Crippen LogP contribution >= 0.6 is 0 Å². The zero-order chi connectivity index (χ0) is 9.68. The van der Waals surface area contributed by atoms with Crippen molar-refractivity contribution in [2.24, 2.45) is 0 Å². The van der Waals surface area contributed by atoms with Gasteiger partial charge >= 0.3 is 0 Å². The fourth-order valence-electron chi connectivity index (χ4n) is 1.32. The number of aryl methyl sites for hydroxylation is 1. The molecule has 1 rings (SSSR count). The van der Waals surface area contributed by atoms with E-state index in [1.807, 2.05) is 19.1 Å². The van der Waals surface area contributed by atoms with Gasteiger partial charge in [-0.05, 0) is 25.0 Å². The van der Waals surface area contributed by atoms with Crippen molar-refractivity contribution in [3.8, 4) is 5.75 Å². The molecule has 0 spiro atoms. The molecule has 1 nitrogen and oxygen atoms in total. The van der Waals surface area contributed by atoms with E-state index in [9.17, 15) is 0 Å². The highest BCUT2D eigenvalue weighted by Crippen LogP contribution is 2.24. The van der Waals surface area contributed by atoms with Gasteiger partial charge in [-0.15, -0.1) is 0 Å². The second-order valence-corrected chi connectivity index (χ2v) is 2.76. The molecule has 0 aliphatic rings. The summed E-state index contributed by atoms with van der Waals surface area (Å²) in [5.41, 5.74) is 2.18. The summed E-state index contributed by atoms with van der Waals surface area (Å²) in [5, 5.41) is 0. The molecule has 13 heavy (non-hydrogen) atoms. The van der Waals surface area contributed by atoms with E-state index in [0.717, 1.165) is 17.7 Å². The van der Waals surface area contributed by atoms with E-state index < -0.39 is 0 Å². The lowest BCUT2D eigenvalue weighted by molar-refractivity contribution is 0.335. The van der Waals surface area contributed by atoms with Gasteiger partial charge in [0, 0.05) is 5.56 Å². The highest BCUT2D eigenvalue weighted by Gasteiger charge is 2.04. The van der Waals surface area contributed by atoms with Crippen LogP contribution in [0.1, 0.15) is 25.0 Å². The van der Waals surface area contributed by atoms with E-state index in [0.29, 0.717) is 6.61 Å². The number of hydrogen-bond donors (Lipinski definition) is 0. The molecule has 0 aliphatic heterocycles. The summed E-state index contributed by atoms with van der Waals surface area (Å²) in [5.74, 6) is 0.933. The molecule has 1 aromatic carbocycles. The van der Waals surface area contributed by atoms with Crippen LogP contribution in [-0.2, 0) is 6.42 Å². The normalized spacial score (nSPS) is 9.69. The summed E-state index contributed by atoms with van der Waals surface area (Å²) in [7, 11) is 0. The first-order valence-corrected chi connectivity index (χ1v) is 4.61. The number of para-hydroxylation sites is 1. The maximum Gasteiger partial charge on any atom is 0.130 e. The van der Waals surface area contributed by atoms with Gasteiger partial charge in [-0.2, -0.15) is 0 Å². The fourth-order valence-corrected chi connectivity index (χ4v) is 1.32. The Bertz CT molecular complexity index is 289. The fraction of sp³-hybridized carbons (Fsp3) is 0.333. The van der Waals surface area contributed by atoms with Crippen LogP contribution in [-0.4, -0.2) is 6.61 Å². The van der Waals surface area contributed by atoms with Gasteiger partial charge in [0.2, 0.25) is 0 Å². The highest BCUT2D eigenvalue weighted by molar-refractivity contribution is 5.44. The molecule has 0 heterocycles. The van der Waals surface area contributed by atoms with Crippen molar-refractivity contribution in [1.82, 2.24) is 0 Å². The third-order valence-corrected chi connectivity index (χ3v) is 1.96. The SMILES string of the molecule is C=[C]c1cccc(CC)c1OCC. The summed E-state index contributed by atoms with van der Waals surface area (Å²) >= 11 is 0. The quantitative estimate of drug-likeness (QED) is 0.683. The summed E-state index contributed by atoms with van der Waals surface area (Å²) < 4.78 is 5.55. The standard InChI is InChI=1S/C12H15O/c1-4-10-8-7-9-11(5-2)12(10)13-6-3/h7-9H,1,5-6H2,2-3H3. The first kappa shape index (κ1) is 9.85. The average molecular weight is 175 g/mol. The molecule has 1 radical (unpaired) electrons. The molecule has 0 N–H and O–H groups in total. The Morgan fingerprint density at radius 2 is 2.15 bits per heavy atom. The predicted molar refractivity (Wildman–Crippen MR) is 55.0 cm³/mol. The molecular weight excluding hydrogens is 160 g/mol. The van der Waals surface area contributed by atoms with Gasteiger partial charge in [0.15, 0.2) is 0 Å². The molecule has 0 unspecified atom stereocenters. The van der Waals surface area contributed by atoms with Crippen LogP contribution in [0.4, 0.5) is 0 Å². The number of benzene rings is 1. The van der Waals surface area contributed by atoms with Crippen molar-refractivity contribution in [2.45, 2.75) is 20.3 Å². The highest BCUT2D eigenvalue weighted by atomic mass is 16.5. The van der Waals surface area contributed by atoms with Crippen molar-refractivity contribution < 1.29 is 4.74 Å². The Kier molecular flexibility index (Phi) is 3.56. The van der Waals surface area contributed by atoms with E-state index >= 15 is 0 Å².